The van der Waals surface area contributed by atoms with Crippen molar-refractivity contribution in [1.82, 2.24) is 0 Å². The highest BCUT2D eigenvalue weighted by Crippen LogP contribution is 2.60. The molecule has 1 N–H and O–H groups in total. The molecule has 0 aromatic heterocycles. The fraction of sp³-hybridized carbons (Fsp3) is 0.526. The van der Waals surface area contributed by atoms with Crippen molar-refractivity contribution in [1.29, 1.82) is 5.41 Å². The second-order valence-electron chi connectivity index (χ2n) is 7.31. The first-order valence-corrected chi connectivity index (χ1v) is 8.23. The lowest BCUT2D eigenvalue weighted by Gasteiger charge is -2.51. The molecule has 0 saturated heterocycles. The van der Waals surface area contributed by atoms with Crippen molar-refractivity contribution in [2.45, 2.75) is 32.1 Å². The van der Waals surface area contributed by atoms with Crippen LogP contribution in [0.15, 0.2) is 36.0 Å². The number of ketones is 2. The highest BCUT2D eigenvalue weighted by molar-refractivity contribution is 6.02. The molecule has 3 fully saturated rings. The van der Waals surface area contributed by atoms with Crippen LogP contribution in [0, 0.1) is 34.5 Å². The predicted molar refractivity (Wildman–Crippen MR) is 84.6 cm³/mol. The second kappa shape index (κ2) is 4.61. The summed E-state index contributed by atoms with van der Waals surface area (Å²) in [5.74, 6) is 1.82. The predicted octanol–water partition coefficient (Wildman–Crippen LogP) is 3.27. The van der Waals surface area contributed by atoms with E-state index < -0.39 is 5.41 Å². The normalized spacial score (nSPS) is 43.3. The highest BCUT2D eigenvalue weighted by atomic mass is 16.1. The van der Waals surface area contributed by atoms with E-state index in [0.717, 1.165) is 36.8 Å². The standard InChI is InChI=1S/C19H21NO2/c1-11-8-16-14(13-3-2-12(21)9-15(11)13)6-7-19(10-20)17(16)4-5-18(19)22/h2-3,9-10,13-14,16-17,20H,1,4-8H2/t13?,14-,16-,17+,19-/m1/s1. The first kappa shape index (κ1) is 13.9. The fourth-order valence-electron chi connectivity index (χ4n) is 5.54. The lowest BCUT2D eigenvalue weighted by Crippen LogP contribution is -2.48. The molecular formula is C19H21NO2. The SMILES string of the molecule is C=C1C[C@@H]2[C@H](CC[C@]3(C=N)C(=O)CC[C@@H]23)C2C=CC(=O)C=C12. The average molecular weight is 295 g/mol. The molecule has 0 radical (unpaired) electrons. The zero-order valence-corrected chi connectivity index (χ0v) is 12.7. The number of fused-ring (bicyclic) bond motifs is 5. The summed E-state index contributed by atoms with van der Waals surface area (Å²) in [5.41, 5.74) is 1.67. The summed E-state index contributed by atoms with van der Waals surface area (Å²) >= 11 is 0. The minimum Gasteiger partial charge on any atom is -0.312 e. The molecule has 0 spiro atoms. The third kappa shape index (κ3) is 1.65. The van der Waals surface area contributed by atoms with Crippen molar-refractivity contribution in [3.63, 3.8) is 0 Å². The van der Waals surface area contributed by atoms with Gasteiger partial charge in [-0.3, -0.25) is 9.59 Å². The lowest BCUT2D eigenvalue weighted by molar-refractivity contribution is -0.126. The molecule has 4 rings (SSSR count). The number of hydrogen-bond donors (Lipinski definition) is 1. The summed E-state index contributed by atoms with van der Waals surface area (Å²) in [5, 5.41) is 7.87. The van der Waals surface area contributed by atoms with Gasteiger partial charge in [0.1, 0.15) is 5.78 Å². The third-order valence-electron chi connectivity index (χ3n) is 6.56. The maximum absolute atomic E-state index is 12.4. The largest absolute Gasteiger partial charge is 0.312 e. The molecule has 114 valence electrons. The van der Waals surface area contributed by atoms with Gasteiger partial charge in [0, 0.05) is 18.6 Å². The topological polar surface area (TPSA) is 58.0 Å². The number of nitrogens with one attached hydrogen (secondary N) is 1. The third-order valence-corrected chi connectivity index (χ3v) is 6.56. The van der Waals surface area contributed by atoms with Gasteiger partial charge in [-0.25, -0.2) is 0 Å². The van der Waals surface area contributed by atoms with Gasteiger partial charge in [-0.1, -0.05) is 18.2 Å². The van der Waals surface area contributed by atoms with Crippen LogP contribution in [-0.4, -0.2) is 17.8 Å². The van der Waals surface area contributed by atoms with Crippen molar-refractivity contribution in [2.24, 2.45) is 29.1 Å². The van der Waals surface area contributed by atoms with Gasteiger partial charge < -0.3 is 5.41 Å². The summed E-state index contributed by atoms with van der Waals surface area (Å²) in [4.78, 5) is 24.1. The Morgan fingerprint density at radius 1 is 1.27 bits per heavy atom. The zero-order chi connectivity index (χ0) is 15.5. The smallest absolute Gasteiger partial charge is 0.178 e. The molecule has 0 bridgehead atoms. The lowest BCUT2D eigenvalue weighted by atomic mass is 9.52. The van der Waals surface area contributed by atoms with E-state index in [4.69, 9.17) is 5.41 Å². The van der Waals surface area contributed by atoms with E-state index in [2.05, 4.69) is 6.58 Å². The monoisotopic (exact) mass is 295 g/mol. The van der Waals surface area contributed by atoms with Crippen LogP contribution >= 0.6 is 0 Å². The Bertz CT molecular complexity index is 656. The molecule has 4 aliphatic carbocycles. The van der Waals surface area contributed by atoms with E-state index in [1.807, 2.05) is 6.08 Å². The van der Waals surface area contributed by atoms with Crippen molar-refractivity contribution in [3.8, 4) is 0 Å². The Labute approximate surface area is 130 Å². The Balaban J connectivity index is 1.73. The molecule has 0 aromatic carbocycles. The molecule has 0 heterocycles. The fourth-order valence-corrected chi connectivity index (χ4v) is 5.54. The molecule has 0 amide bonds. The van der Waals surface area contributed by atoms with Crippen LogP contribution in [0.4, 0.5) is 0 Å². The van der Waals surface area contributed by atoms with E-state index in [9.17, 15) is 9.59 Å². The summed E-state index contributed by atoms with van der Waals surface area (Å²) < 4.78 is 0. The van der Waals surface area contributed by atoms with Crippen LogP contribution in [0.5, 0.6) is 0 Å². The Kier molecular flexibility index (Phi) is 2.91. The quantitative estimate of drug-likeness (QED) is 0.755. The Hall–Kier alpha value is -1.77. The van der Waals surface area contributed by atoms with Gasteiger partial charge in [0.05, 0.1) is 5.41 Å². The van der Waals surface area contributed by atoms with Crippen molar-refractivity contribution in [3.05, 3.63) is 36.0 Å². The van der Waals surface area contributed by atoms with E-state index >= 15 is 0 Å². The van der Waals surface area contributed by atoms with Crippen LogP contribution < -0.4 is 0 Å². The molecule has 0 aromatic rings. The first-order chi connectivity index (χ1) is 10.6. The van der Waals surface area contributed by atoms with Crippen molar-refractivity contribution < 1.29 is 9.59 Å². The van der Waals surface area contributed by atoms with Gasteiger partial charge in [0.25, 0.3) is 0 Å². The minimum atomic E-state index is -0.503. The maximum Gasteiger partial charge on any atom is 0.178 e. The molecule has 5 atom stereocenters. The first-order valence-electron chi connectivity index (χ1n) is 8.23. The molecular weight excluding hydrogens is 274 g/mol. The van der Waals surface area contributed by atoms with Crippen LogP contribution in [-0.2, 0) is 9.59 Å². The molecule has 1 unspecified atom stereocenters. The molecule has 4 aliphatic rings. The van der Waals surface area contributed by atoms with E-state index in [1.165, 1.54) is 6.21 Å². The van der Waals surface area contributed by atoms with E-state index in [1.54, 1.807) is 12.2 Å². The highest BCUT2D eigenvalue weighted by Gasteiger charge is 2.57. The summed E-state index contributed by atoms with van der Waals surface area (Å²) in [7, 11) is 0. The maximum atomic E-state index is 12.4. The van der Waals surface area contributed by atoms with Gasteiger partial charge >= 0.3 is 0 Å². The Morgan fingerprint density at radius 3 is 2.86 bits per heavy atom. The minimum absolute atomic E-state index is 0.0616. The van der Waals surface area contributed by atoms with Gasteiger partial charge in [-0.2, -0.15) is 0 Å². The van der Waals surface area contributed by atoms with Crippen LogP contribution in [0.3, 0.4) is 0 Å². The molecule has 3 nitrogen and oxygen atoms in total. The molecule has 22 heavy (non-hydrogen) atoms. The van der Waals surface area contributed by atoms with Crippen LogP contribution in [0.25, 0.3) is 0 Å². The van der Waals surface area contributed by atoms with E-state index in [-0.39, 0.29) is 17.5 Å². The van der Waals surface area contributed by atoms with Gasteiger partial charge in [0.15, 0.2) is 5.78 Å². The molecule has 3 saturated carbocycles. The van der Waals surface area contributed by atoms with Crippen LogP contribution in [0.1, 0.15) is 32.1 Å². The van der Waals surface area contributed by atoms with Gasteiger partial charge in [-0.05, 0) is 61.2 Å². The van der Waals surface area contributed by atoms with Crippen molar-refractivity contribution in [2.75, 3.05) is 0 Å². The molecule has 0 aliphatic heterocycles. The van der Waals surface area contributed by atoms with Crippen LogP contribution in [0.2, 0.25) is 0 Å². The number of allylic oxidation sites excluding steroid dienone is 5. The molecule has 3 heteroatoms. The summed E-state index contributed by atoms with van der Waals surface area (Å²) in [6.07, 6.45) is 11.1. The Morgan fingerprint density at radius 2 is 2.09 bits per heavy atom. The number of carbonyl (C=O) groups excluding carboxylic acids is 2. The summed E-state index contributed by atoms with van der Waals surface area (Å²) in [6.45, 7) is 4.21. The van der Waals surface area contributed by atoms with Gasteiger partial charge in [0.2, 0.25) is 0 Å². The number of rotatable bonds is 1. The zero-order valence-electron chi connectivity index (χ0n) is 12.7. The number of carbonyl (C=O) groups is 2. The summed E-state index contributed by atoms with van der Waals surface area (Å²) in [6, 6.07) is 0. The van der Waals surface area contributed by atoms with E-state index in [0.29, 0.717) is 24.2 Å². The average Bonchev–Trinajstić information content (AvgIpc) is 2.85. The van der Waals surface area contributed by atoms with Crippen molar-refractivity contribution >= 4 is 17.8 Å². The number of Topliss-reactive ketones (excluding diaryl/α,β-unsaturated/α-hetero) is 1. The number of hydrogen-bond acceptors (Lipinski definition) is 3. The van der Waals surface area contributed by atoms with Gasteiger partial charge in [-0.15, -0.1) is 0 Å². The second-order valence-corrected chi connectivity index (χ2v) is 7.31.